The molecule has 0 spiro atoms. The number of hydrogen-bond donors (Lipinski definition) is 1. The summed E-state index contributed by atoms with van der Waals surface area (Å²) in [6, 6.07) is 5.45. The van der Waals surface area contributed by atoms with Gasteiger partial charge in [0, 0.05) is 50.5 Å². The summed E-state index contributed by atoms with van der Waals surface area (Å²) in [5, 5.41) is 0. The van der Waals surface area contributed by atoms with Crippen LogP contribution in [-0.4, -0.2) is 65.9 Å². The van der Waals surface area contributed by atoms with Gasteiger partial charge in [-0.15, -0.1) is 12.4 Å². The van der Waals surface area contributed by atoms with Gasteiger partial charge in [0.15, 0.2) is 0 Å². The van der Waals surface area contributed by atoms with Crippen LogP contribution >= 0.6 is 12.4 Å². The third-order valence-electron chi connectivity index (χ3n) is 4.36. The molecule has 2 N–H and O–H groups in total. The lowest BCUT2D eigenvalue weighted by atomic mass is 10.1. The van der Waals surface area contributed by atoms with Crippen molar-refractivity contribution in [2.75, 3.05) is 45.0 Å². The molecule has 1 heterocycles. The van der Waals surface area contributed by atoms with E-state index in [0.29, 0.717) is 50.5 Å². The molecule has 1 aliphatic rings. The number of anilines is 1. The van der Waals surface area contributed by atoms with E-state index in [1.54, 1.807) is 21.9 Å². The number of aryl methyl sites for hydroxylation is 1. The second kappa shape index (κ2) is 8.78. The van der Waals surface area contributed by atoms with Crippen LogP contribution in [0.5, 0.6) is 0 Å². The van der Waals surface area contributed by atoms with E-state index in [-0.39, 0.29) is 24.3 Å². The molecule has 0 bridgehead atoms. The summed E-state index contributed by atoms with van der Waals surface area (Å²) in [5.41, 5.74) is 7.95. The molecule has 6 nitrogen and oxygen atoms in total. The normalized spacial score (nSPS) is 14.1. The first-order valence-corrected chi connectivity index (χ1v) is 8.17. The van der Waals surface area contributed by atoms with Crippen molar-refractivity contribution in [3.8, 4) is 0 Å². The fourth-order valence-electron chi connectivity index (χ4n) is 2.84. The van der Waals surface area contributed by atoms with E-state index in [1.165, 1.54) is 0 Å². The zero-order valence-electron chi connectivity index (χ0n) is 14.6. The smallest absolute Gasteiger partial charge is 0.320 e. The summed E-state index contributed by atoms with van der Waals surface area (Å²) in [6.07, 6.45) is 0. The topological polar surface area (TPSA) is 69.9 Å². The Labute approximate surface area is 150 Å². The Morgan fingerprint density at radius 2 is 1.62 bits per heavy atom. The predicted octanol–water partition coefficient (Wildman–Crippen LogP) is 2.22. The van der Waals surface area contributed by atoms with E-state index in [0.717, 1.165) is 5.56 Å². The maximum absolute atomic E-state index is 12.7. The first-order valence-electron chi connectivity index (χ1n) is 8.17. The lowest BCUT2D eigenvalue weighted by molar-refractivity contribution is 0.0641. The Balaban J connectivity index is 0.00000288. The molecular formula is C17H27ClN4O2. The van der Waals surface area contributed by atoms with Crippen molar-refractivity contribution < 1.29 is 9.59 Å². The summed E-state index contributed by atoms with van der Waals surface area (Å²) >= 11 is 0. The molecule has 0 aromatic heterocycles. The van der Waals surface area contributed by atoms with Gasteiger partial charge in [0.2, 0.25) is 0 Å². The van der Waals surface area contributed by atoms with Gasteiger partial charge in [-0.3, -0.25) is 4.79 Å². The molecule has 134 valence electrons. The number of halogens is 1. The largest absolute Gasteiger partial charge is 0.399 e. The van der Waals surface area contributed by atoms with Crippen molar-refractivity contribution in [2.45, 2.75) is 20.8 Å². The highest BCUT2D eigenvalue weighted by Crippen LogP contribution is 2.16. The molecule has 24 heavy (non-hydrogen) atoms. The molecule has 7 heteroatoms. The van der Waals surface area contributed by atoms with Crippen molar-refractivity contribution in [3.63, 3.8) is 0 Å². The Morgan fingerprint density at radius 1 is 1.08 bits per heavy atom. The molecule has 3 amide bonds. The van der Waals surface area contributed by atoms with E-state index in [9.17, 15) is 9.59 Å². The van der Waals surface area contributed by atoms with Gasteiger partial charge in [0.1, 0.15) is 0 Å². The second-order valence-electron chi connectivity index (χ2n) is 5.81. The van der Waals surface area contributed by atoms with Gasteiger partial charge in [0.25, 0.3) is 5.91 Å². The highest BCUT2D eigenvalue weighted by atomic mass is 35.5. The van der Waals surface area contributed by atoms with Crippen LogP contribution in [0.25, 0.3) is 0 Å². The molecule has 1 aromatic rings. The minimum Gasteiger partial charge on any atom is -0.399 e. The van der Waals surface area contributed by atoms with Crippen LogP contribution in [0.1, 0.15) is 29.8 Å². The summed E-state index contributed by atoms with van der Waals surface area (Å²) in [4.78, 5) is 30.4. The molecule has 2 rings (SSSR count). The van der Waals surface area contributed by atoms with Gasteiger partial charge in [-0.25, -0.2) is 4.79 Å². The van der Waals surface area contributed by atoms with Crippen molar-refractivity contribution >= 4 is 30.0 Å². The van der Waals surface area contributed by atoms with E-state index in [1.807, 2.05) is 31.7 Å². The van der Waals surface area contributed by atoms with E-state index < -0.39 is 0 Å². The molecule has 0 unspecified atom stereocenters. The lowest BCUT2D eigenvalue weighted by Crippen LogP contribution is -2.54. The Bertz CT molecular complexity index is 582. The Hall–Kier alpha value is -1.95. The van der Waals surface area contributed by atoms with Crippen LogP contribution in [0.3, 0.4) is 0 Å². The van der Waals surface area contributed by atoms with E-state index >= 15 is 0 Å². The molecular weight excluding hydrogens is 328 g/mol. The number of nitrogens with zero attached hydrogens (tertiary/aromatic N) is 3. The Morgan fingerprint density at radius 3 is 2.17 bits per heavy atom. The number of nitrogens with two attached hydrogens (primary N) is 1. The number of rotatable bonds is 3. The summed E-state index contributed by atoms with van der Waals surface area (Å²) < 4.78 is 0. The van der Waals surface area contributed by atoms with Crippen LogP contribution in [0, 0.1) is 6.92 Å². The van der Waals surface area contributed by atoms with Gasteiger partial charge in [-0.05, 0) is 38.5 Å². The maximum Gasteiger partial charge on any atom is 0.320 e. The van der Waals surface area contributed by atoms with Crippen molar-refractivity contribution in [2.24, 2.45) is 0 Å². The van der Waals surface area contributed by atoms with Crippen molar-refractivity contribution in [3.05, 3.63) is 29.3 Å². The van der Waals surface area contributed by atoms with E-state index in [4.69, 9.17) is 5.73 Å². The minimum atomic E-state index is -0.00950. The van der Waals surface area contributed by atoms with Crippen molar-refractivity contribution in [1.82, 2.24) is 14.7 Å². The fraction of sp³-hybridized carbons (Fsp3) is 0.529. The average Bonchev–Trinajstić information content (AvgIpc) is 2.57. The number of hydrogen-bond acceptors (Lipinski definition) is 3. The van der Waals surface area contributed by atoms with Crippen LogP contribution in [0.2, 0.25) is 0 Å². The zero-order valence-corrected chi connectivity index (χ0v) is 15.4. The van der Waals surface area contributed by atoms with Gasteiger partial charge >= 0.3 is 6.03 Å². The number of piperazine rings is 1. The zero-order chi connectivity index (χ0) is 17.0. The predicted molar refractivity (Wildman–Crippen MR) is 98.6 cm³/mol. The average molecular weight is 355 g/mol. The van der Waals surface area contributed by atoms with Crippen LogP contribution in [-0.2, 0) is 0 Å². The Kier molecular flexibility index (Phi) is 7.35. The van der Waals surface area contributed by atoms with Crippen molar-refractivity contribution in [1.29, 1.82) is 0 Å². The minimum absolute atomic E-state index is 0. The van der Waals surface area contributed by atoms with Gasteiger partial charge in [-0.2, -0.15) is 0 Å². The molecule has 0 saturated carbocycles. The quantitative estimate of drug-likeness (QED) is 0.846. The standard InChI is InChI=1S/C17H26N4O2.ClH/c1-4-19(5-2)17(23)21-10-8-20(9-11-21)16(22)15-12-14(18)7-6-13(15)3;/h6-7,12H,4-5,8-11,18H2,1-3H3;1H. The number of benzene rings is 1. The monoisotopic (exact) mass is 354 g/mol. The number of urea groups is 1. The molecule has 1 aromatic carbocycles. The molecule has 0 atom stereocenters. The molecule has 0 radical (unpaired) electrons. The van der Waals surface area contributed by atoms with Crippen LogP contribution in [0.4, 0.5) is 10.5 Å². The lowest BCUT2D eigenvalue weighted by Gasteiger charge is -2.37. The van der Waals surface area contributed by atoms with Crippen LogP contribution in [0.15, 0.2) is 18.2 Å². The van der Waals surface area contributed by atoms with Gasteiger partial charge < -0.3 is 20.4 Å². The summed E-state index contributed by atoms with van der Waals surface area (Å²) in [5.74, 6) is -0.00950. The summed E-state index contributed by atoms with van der Waals surface area (Å²) in [7, 11) is 0. The first kappa shape index (κ1) is 20.1. The first-order chi connectivity index (χ1) is 11.0. The molecule has 1 aliphatic heterocycles. The maximum atomic E-state index is 12.7. The number of carbonyl (C=O) groups excluding carboxylic acids is 2. The molecule has 1 saturated heterocycles. The van der Waals surface area contributed by atoms with Crippen LogP contribution < -0.4 is 5.73 Å². The second-order valence-corrected chi connectivity index (χ2v) is 5.81. The fourth-order valence-corrected chi connectivity index (χ4v) is 2.84. The molecule has 0 aliphatic carbocycles. The summed E-state index contributed by atoms with van der Waals surface area (Å²) in [6.45, 7) is 9.53. The third kappa shape index (κ3) is 4.32. The molecule has 1 fully saturated rings. The number of amides is 3. The van der Waals surface area contributed by atoms with Gasteiger partial charge in [0.05, 0.1) is 0 Å². The highest BCUT2D eigenvalue weighted by molar-refractivity contribution is 5.96. The SMILES string of the molecule is CCN(CC)C(=O)N1CCN(C(=O)c2cc(N)ccc2C)CC1.Cl. The highest BCUT2D eigenvalue weighted by Gasteiger charge is 2.27. The number of nitrogen functional groups attached to an aromatic ring is 1. The third-order valence-corrected chi connectivity index (χ3v) is 4.36. The number of carbonyl (C=O) groups is 2. The van der Waals surface area contributed by atoms with E-state index in [2.05, 4.69) is 0 Å². The van der Waals surface area contributed by atoms with Gasteiger partial charge in [-0.1, -0.05) is 6.07 Å².